The van der Waals surface area contributed by atoms with Gasteiger partial charge in [0.15, 0.2) is 0 Å². The number of hydrogen-bond donors (Lipinski definition) is 2. The molecule has 0 bridgehead atoms. The zero-order valence-corrected chi connectivity index (χ0v) is 14.6. The van der Waals surface area contributed by atoms with Crippen molar-refractivity contribution in [3.63, 3.8) is 0 Å². The fourth-order valence-corrected chi connectivity index (χ4v) is 2.58. The summed E-state index contributed by atoms with van der Waals surface area (Å²) in [5.74, 6) is 0. The van der Waals surface area contributed by atoms with E-state index >= 15 is 0 Å². The van der Waals surface area contributed by atoms with Gasteiger partial charge in [-0.15, -0.1) is 0 Å². The van der Waals surface area contributed by atoms with Crippen molar-refractivity contribution < 1.29 is 9.59 Å². The lowest BCUT2D eigenvalue weighted by molar-refractivity contribution is 0.249. The van der Waals surface area contributed by atoms with E-state index in [4.69, 9.17) is 20.4 Å². The predicted octanol–water partition coefficient (Wildman–Crippen LogP) is 4.84. The third-order valence-corrected chi connectivity index (χ3v) is 4.20. The van der Waals surface area contributed by atoms with Gasteiger partial charge in [0.05, 0.1) is 0 Å². The Labute approximate surface area is 143 Å². The SMILES string of the molecule is CC(C)(C)C(C)(c1ccccc1)c1ccccc1.N=C=O.N=C=O. The van der Waals surface area contributed by atoms with Crippen LogP contribution in [0.4, 0.5) is 0 Å². The van der Waals surface area contributed by atoms with Gasteiger partial charge < -0.3 is 0 Å². The molecule has 4 heteroatoms. The van der Waals surface area contributed by atoms with E-state index in [1.165, 1.54) is 11.1 Å². The van der Waals surface area contributed by atoms with Crippen molar-refractivity contribution in [3.8, 4) is 0 Å². The maximum atomic E-state index is 8.35. The Morgan fingerprint density at radius 1 is 0.667 bits per heavy atom. The molecule has 0 fully saturated rings. The van der Waals surface area contributed by atoms with Gasteiger partial charge in [0.1, 0.15) is 0 Å². The molecule has 0 unspecified atom stereocenters. The predicted molar refractivity (Wildman–Crippen MR) is 95.6 cm³/mol. The minimum absolute atomic E-state index is 0.0233. The zero-order chi connectivity index (χ0) is 18.6. The lowest BCUT2D eigenvalue weighted by atomic mass is 9.60. The highest BCUT2D eigenvalue weighted by Crippen LogP contribution is 2.46. The van der Waals surface area contributed by atoms with Crippen LogP contribution in [0, 0.1) is 16.2 Å². The van der Waals surface area contributed by atoms with Crippen LogP contribution in [0.5, 0.6) is 0 Å². The van der Waals surface area contributed by atoms with Crippen molar-refractivity contribution in [1.82, 2.24) is 0 Å². The molecule has 0 aliphatic rings. The van der Waals surface area contributed by atoms with Gasteiger partial charge in [0.25, 0.3) is 0 Å². The number of hydrogen-bond acceptors (Lipinski definition) is 4. The largest absolute Gasteiger partial charge is 0.231 e. The van der Waals surface area contributed by atoms with Gasteiger partial charge in [-0.2, -0.15) is 0 Å². The quantitative estimate of drug-likeness (QED) is 0.612. The average Bonchev–Trinajstić information content (AvgIpc) is 2.56. The van der Waals surface area contributed by atoms with Crippen molar-refractivity contribution in [2.75, 3.05) is 0 Å². The highest BCUT2D eigenvalue weighted by Gasteiger charge is 2.40. The summed E-state index contributed by atoms with van der Waals surface area (Å²) in [4.78, 5) is 16.7. The monoisotopic (exact) mass is 324 g/mol. The molecule has 0 aromatic heterocycles. The molecule has 126 valence electrons. The number of nitrogens with one attached hydrogen (secondary N) is 2. The van der Waals surface area contributed by atoms with Gasteiger partial charge in [-0.3, -0.25) is 0 Å². The molecule has 0 saturated carbocycles. The van der Waals surface area contributed by atoms with Crippen LogP contribution in [-0.2, 0) is 15.0 Å². The van der Waals surface area contributed by atoms with Crippen LogP contribution in [0.3, 0.4) is 0 Å². The van der Waals surface area contributed by atoms with E-state index in [1.54, 1.807) is 0 Å². The molecule has 2 aromatic rings. The summed E-state index contributed by atoms with van der Waals surface area (Å²) in [6, 6.07) is 21.6. The van der Waals surface area contributed by atoms with Gasteiger partial charge in [0, 0.05) is 5.41 Å². The zero-order valence-electron chi connectivity index (χ0n) is 14.6. The molecule has 0 amide bonds. The van der Waals surface area contributed by atoms with Crippen molar-refractivity contribution >= 4 is 12.2 Å². The normalized spacial score (nSPS) is 10.0. The standard InChI is InChI=1S/C18H22.2CHNO/c1-17(2,3)18(4,15-11-7-5-8-12-15)16-13-9-6-10-14-16;2*2-1-3/h5-14H,1-4H3;2*2H. The molecule has 0 spiro atoms. The van der Waals surface area contributed by atoms with E-state index in [9.17, 15) is 0 Å². The van der Waals surface area contributed by atoms with Crippen LogP contribution in [0.1, 0.15) is 38.8 Å². The number of isocyanates is 2. The summed E-state index contributed by atoms with van der Waals surface area (Å²) in [7, 11) is 0. The minimum atomic E-state index is 0.0233. The van der Waals surface area contributed by atoms with Gasteiger partial charge in [-0.1, -0.05) is 88.4 Å². The fraction of sp³-hybridized carbons (Fsp3) is 0.300. The van der Waals surface area contributed by atoms with Gasteiger partial charge in [-0.05, 0) is 16.5 Å². The summed E-state index contributed by atoms with van der Waals surface area (Å²) in [6.07, 6.45) is 1.50. The Bertz CT molecular complexity index is 610. The topological polar surface area (TPSA) is 81.8 Å². The Kier molecular flexibility index (Phi) is 8.89. The first kappa shape index (κ1) is 21.2. The molecule has 2 aromatic carbocycles. The number of carbonyl (C=O) groups excluding carboxylic acids is 2. The van der Waals surface area contributed by atoms with Gasteiger partial charge >= 0.3 is 0 Å². The Hall–Kier alpha value is -2.80. The molecule has 2 N–H and O–H groups in total. The Morgan fingerprint density at radius 2 is 0.917 bits per heavy atom. The molecule has 24 heavy (non-hydrogen) atoms. The molecule has 0 radical (unpaired) electrons. The van der Waals surface area contributed by atoms with Crippen molar-refractivity contribution in [2.24, 2.45) is 5.41 Å². The molecule has 0 atom stereocenters. The highest BCUT2D eigenvalue weighted by molar-refractivity contribution is 5.40. The van der Waals surface area contributed by atoms with Crippen LogP contribution < -0.4 is 0 Å². The third-order valence-electron chi connectivity index (χ3n) is 4.20. The second-order valence-corrected chi connectivity index (χ2v) is 6.31. The molecule has 0 heterocycles. The van der Waals surface area contributed by atoms with Crippen LogP contribution in [0.15, 0.2) is 60.7 Å². The first-order valence-corrected chi connectivity index (χ1v) is 7.48. The van der Waals surface area contributed by atoms with Gasteiger partial charge in [-0.25, -0.2) is 20.4 Å². The fourth-order valence-electron chi connectivity index (χ4n) is 2.58. The highest BCUT2D eigenvalue weighted by atomic mass is 16.1. The van der Waals surface area contributed by atoms with E-state index in [2.05, 4.69) is 88.4 Å². The second kappa shape index (κ2) is 10.1. The average molecular weight is 324 g/mol. The van der Waals surface area contributed by atoms with E-state index in [0.717, 1.165) is 12.2 Å². The third kappa shape index (κ3) is 5.44. The molecule has 4 nitrogen and oxygen atoms in total. The Morgan fingerprint density at radius 3 is 1.12 bits per heavy atom. The first-order chi connectivity index (χ1) is 11.3. The second-order valence-electron chi connectivity index (χ2n) is 6.31. The first-order valence-electron chi connectivity index (χ1n) is 7.48. The summed E-state index contributed by atoms with van der Waals surface area (Å²) in [5.41, 5.74) is 2.94. The maximum absolute atomic E-state index is 8.35. The lowest BCUT2D eigenvalue weighted by Crippen LogP contribution is -2.38. The summed E-state index contributed by atoms with van der Waals surface area (Å²) >= 11 is 0. The van der Waals surface area contributed by atoms with Crippen LogP contribution in [0.25, 0.3) is 0 Å². The van der Waals surface area contributed by atoms with Crippen LogP contribution in [0.2, 0.25) is 0 Å². The van der Waals surface area contributed by atoms with Crippen molar-refractivity contribution in [2.45, 2.75) is 33.1 Å². The minimum Gasteiger partial charge on any atom is -0.222 e. The summed E-state index contributed by atoms with van der Waals surface area (Å²) < 4.78 is 0. The molecule has 0 aliphatic heterocycles. The molecule has 0 aliphatic carbocycles. The molecular formula is C20H24N2O2. The van der Waals surface area contributed by atoms with E-state index in [0.29, 0.717) is 0 Å². The Balaban J connectivity index is 0.000000772. The van der Waals surface area contributed by atoms with Crippen LogP contribution >= 0.6 is 0 Å². The lowest BCUT2D eigenvalue weighted by Gasteiger charge is -2.43. The van der Waals surface area contributed by atoms with Crippen molar-refractivity contribution in [3.05, 3.63) is 71.8 Å². The van der Waals surface area contributed by atoms with Gasteiger partial charge in [0.2, 0.25) is 12.2 Å². The van der Waals surface area contributed by atoms with Crippen LogP contribution in [-0.4, -0.2) is 12.2 Å². The molecular weight excluding hydrogens is 300 g/mol. The smallest absolute Gasteiger partial charge is 0.222 e. The molecule has 0 saturated heterocycles. The van der Waals surface area contributed by atoms with Crippen molar-refractivity contribution in [1.29, 1.82) is 10.8 Å². The number of rotatable bonds is 2. The van der Waals surface area contributed by atoms with E-state index in [-0.39, 0.29) is 10.8 Å². The van der Waals surface area contributed by atoms with E-state index in [1.807, 2.05) is 0 Å². The summed E-state index contributed by atoms with van der Waals surface area (Å²) in [5, 5.41) is 10.8. The van der Waals surface area contributed by atoms with E-state index < -0.39 is 0 Å². The maximum Gasteiger partial charge on any atom is 0.231 e. The molecule has 2 rings (SSSR count). The summed E-state index contributed by atoms with van der Waals surface area (Å²) in [6.45, 7) is 9.28. The number of benzene rings is 2.